The van der Waals surface area contributed by atoms with Crippen LogP contribution in [0.5, 0.6) is 0 Å². The largest absolute Gasteiger partial charge is 0.254 e. The summed E-state index contributed by atoms with van der Waals surface area (Å²) in [6.45, 7) is 6.48. The van der Waals surface area contributed by atoms with Gasteiger partial charge in [0.05, 0.1) is 16.3 Å². The molecule has 0 aliphatic carbocycles. The summed E-state index contributed by atoms with van der Waals surface area (Å²) in [6, 6.07) is 0. The van der Waals surface area contributed by atoms with Gasteiger partial charge in [-0.3, -0.25) is 0 Å². The Balaban J connectivity index is 2.27. The maximum absolute atomic E-state index is 6.41. The molecule has 3 aromatic rings. The van der Waals surface area contributed by atoms with E-state index < -0.39 is 0 Å². The number of thioether (sulfide) groups is 1. The molecule has 0 aliphatic heterocycles. The van der Waals surface area contributed by atoms with Gasteiger partial charge in [0.2, 0.25) is 0 Å². The summed E-state index contributed by atoms with van der Waals surface area (Å²) in [5.41, 5.74) is 1.18. The smallest absolute Gasteiger partial charge is 0.243 e. The average Bonchev–Trinajstić information content (AvgIpc) is 2.96. The van der Waals surface area contributed by atoms with Crippen molar-refractivity contribution >= 4 is 40.7 Å². The molecule has 0 bridgehead atoms. The topological polar surface area (TPSA) is 68.9 Å². The van der Waals surface area contributed by atoms with Crippen LogP contribution in [-0.2, 0) is 0 Å². The Kier molecular flexibility index (Phi) is 4.70. The van der Waals surface area contributed by atoms with E-state index in [4.69, 9.17) is 23.2 Å². The summed E-state index contributed by atoms with van der Waals surface area (Å²) in [4.78, 5) is 16.6. The van der Waals surface area contributed by atoms with Crippen LogP contribution >= 0.6 is 35.0 Å². The van der Waals surface area contributed by atoms with Gasteiger partial charge < -0.3 is 0 Å². The molecule has 0 fully saturated rings. The van der Waals surface area contributed by atoms with Gasteiger partial charge >= 0.3 is 0 Å². The number of hydrogen-bond acceptors (Lipinski definition) is 6. The van der Waals surface area contributed by atoms with E-state index in [1.807, 2.05) is 0 Å². The van der Waals surface area contributed by atoms with E-state index in [0.29, 0.717) is 38.4 Å². The van der Waals surface area contributed by atoms with Crippen molar-refractivity contribution < 1.29 is 0 Å². The third-order valence-corrected chi connectivity index (χ3v) is 5.55. The number of rotatable bonds is 4. The minimum absolute atomic E-state index is 0.296. The van der Waals surface area contributed by atoms with Gasteiger partial charge in [-0.25, -0.2) is 9.97 Å². The maximum atomic E-state index is 6.41. The van der Waals surface area contributed by atoms with Crippen molar-refractivity contribution in [3.05, 3.63) is 29.0 Å². The maximum Gasteiger partial charge on any atom is 0.254 e. The van der Waals surface area contributed by atoms with Crippen LogP contribution in [0.4, 0.5) is 0 Å². The average molecular weight is 369 g/mol. The first-order chi connectivity index (χ1) is 11.0. The fraction of sp³-hybridized carbons (Fsp3) is 0.357. The van der Waals surface area contributed by atoms with E-state index in [2.05, 4.69) is 45.8 Å². The first kappa shape index (κ1) is 16.4. The predicted molar refractivity (Wildman–Crippen MR) is 92.0 cm³/mol. The Morgan fingerprint density at radius 1 is 1.13 bits per heavy atom. The lowest BCUT2D eigenvalue weighted by Gasteiger charge is -2.18. The van der Waals surface area contributed by atoms with Gasteiger partial charge in [-0.15, -0.1) is 11.8 Å². The lowest BCUT2D eigenvalue weighted by molar-refractivity contribution is 0.640. The van der Waals surface area contributed by atoms with Crippen LogP contribution in [0.3, 0.4) is 0 Å². The lowest BCUT2D eigenvalue weighted by atomic mass is 10.2. The second-order valence-corrected chi connectivity index (χ2v) is 7.47. The molecule has 3 rings (SSSR count). The van der Waals surface area contributed by atoms with Crippen LogP contribution in [-0.4, -0.2) is 34.8 Å². The molecule has 0 N–H and O–H groups in total. The van der Waals surface area contributed by atoms with Crippen LogP contribution in [0.25, 0.3) is 17.0 Å². The molecule has 6 nitrogen and oxygen atoms in total. The van der Waals surface area contributed by atoms with Gasteiger partial charge in [0, 0.05) is 11.4 Å². The van der Waals surface area contributed by atoms with Gasteiger partial charge in [0.15, 0.2) is 0 Å². The molecule has 120 valence electrons. The Morgan fingerprint density at radius 2 is 1.91 bits per heavy atom. The normalized spacial score (nSPS) is 13.0. The quantitative estimate of drug-likeness (QED) is 0.511. The molecule has 23 heavy (non-hydrogen) atoms. The summed E-state index contributed by atoms with van der Waals surface area (Å²) in [5.74, 6) is 0.918. The van der Waals surface area contributed by atoms with E-state index >= 15 is 0 Å². The van der Waals surface area contributed by atoms with Gasteiger partial charge in [0.25, 0.3) is 5.78 Å². The molecule has 0 aromatic carbocycles. The molecule has 3 heterocycles. The number of fused-ring (bicyclic) bond motifs is 1. The summed E-state index contributed by atoms with van der Waals surface area (Å²) >= 11 is 14.3. The Morgan fingerprint density at radius 3 is 2.61 bits per heavy atom. The van der Waals surface area contributed by atoms with Gasteiger partial charge in [-0.05, 0) is 5.92 Å². The molecule has 1 unspecified atom stereocenters. The number of halogens is 2. The second kappa shape index (κ2) is 6.59. The van der Waals surface area contributed by atoms with Crippen LogP contribution in [0.1, 0.15) is 20.8 Å². The highest BCUT2D eigenvalue weighted by Crippen LogP contribution is 2.40. The van der Waals surface area contributed by atoms with E-state index in [9.17, 15) is 0 Å². The molecule has 0 aliphatic rings. The van der Waals surface area contributed by atoms with Gasteiger partial charge in [0.1, 0.15) is 22.8 Å². The van der Waals surface area contributed by atoms with Gasteiger partial charge in [-0.2, -0.15) is 19.6 Å². The standard InChI is InChI=1S/C14H14Cl2N6S/c1-7(2)8(3)23-13-10(11-9(15)4-17-5-18-11)12(16)21-14-19-6-20-22(13)14/h4-8H,1-3H3. The molecule has 0 saturated heterocycles. The van der Waals surface area contributed by atoms with Gasteiger partial charge in [-0.1, -0.05) is 44.0 Å². The van der Waals surface area contributed by atoms with Crippen LogP contribution in [0, 0.1) is 5.92 Å². The zero-order valence-corrected chi connectivity index (χ0v) is 15.1. The lowest BCUT2D eigenvalue weighted by Crippen LogP contribution is -2.09. The molecule has 0 amide bonds. The van der Waals surface area contributed by atoms with Crippen LogP contribution in [0.15, 0.2) is 23.9 Å². The highest BCUT2D eigenvalue weighted by Gasteiger charge is 2.23. The van der Waals surface area contributed by atoms with Crippen LogP contribution in [0.2, 0.25) is 10.2 Å². The van der Waals surface area contributed by atoms with Crippen LogP contribution < -0.4 is 0 Å². The minimum Gasteiger partial charge on any atom is -0.243 e. The Labute approximate surface area is 147 Å². The zero-order valence-electron chi connectivity index (χ0n) is 12.7. The molecule has 1 atom stereocenters. The fourth-order valence-corrected chi connectivity index (χ4v) is 3.58. The van der Waals surface area contributed by atoms with E-state index in [1.54, 1.807) is 16.3 Å². The molecule has 0 spiro atoms. The number of hydrogen-bond donors (Lipinski definition) is 0. The molecule has 0 saturated carbocycles. The summed E-state index contributed by atoms with van der Waals surface area (Å²) in [7, 11) is 0. The van der Waals surface area contributed by atoms with Crippen molar-refractivity contribution in [3.8, 4) is 11.3 Å². The molecule has 3 aromatic heterocycles. The predicted octanol–water partition coefficient (Wildman–Crippen LogP) is 4.02. The highest BCUT2D eigenvalue weighted by atomic mass is 35.5. The summed E-state index contributed by atoms with van der Waals surface area (Å²) < 4.78 is 1.67. The van der Waals surface area contributed by atoms with E-state index in [0.717, 1.165) is 5.03 Å². The zero-order chi connectivity index (χ0) is 16.6. The third-order valence-electron chi connectivity index (χ3n) is 3.48. The second-order valence-electron chi connectivity index (χ2n) is 5.34. The van der Waals surface area contributed by atoms with Crippen molar-refractivity contribution in [2.45, 2.75) is 31.0 Å². The molecule has 0 radical (unpaired) electrons. The summed E-state index contributed by atoms with van der Waals surface area (Å²) in [6.07, 6.45) is 4.42. The van der Waals surface area contributed by atoms with Crippen molar-refractivity contribution in [1.82, 2.24) is 29.5 Å². The van der Waals surface area contributed by atoms with Crippen molar-refractivity contribution in [1.29, 1.82) is 0 Å². The Bertz CT molecular complexity index is 850. The van der Waals surface area contributed by atoms with E-state index in [1.165, 1.54) is 18.9 Å². The van der Waals surface area contributed by atoms with Crippen molar-refractivity contribution in [2.75, 3.05) is 0 Å². The highest BCUT2D eigenvalue weighted by molar-refractivity contribution is 8.00. The third kappa shape index (κ3) is 3.13. The van der Waals surface area contributed by atoms with E-state index in [-0.39, 0.29) is 0 Å². The molecular weight excluding hydrogens is 355 g/mol. The minimum atomic E-state index is 0.296. The molecular formula is C14H14Cl2N6S. The number of nitrogens with zero attached hydrogens (tertiary/aromatic N) is 6. The first-order valence-corrected chi connectivity index (χ1v) is 8.64. The summed E-state index contributed by atoms with van der Waals surface area (Å²) in [5, 5.41) is 6.13. The fourth-order valence-electron chi connectivity index (χ4n) is 1.91. The molecule has 9 heteroatoms. The number of aromatic nitrogens is 6. The first-order valence-electron chi connectivity index (χ1n) is 7.00. The van der Waals surface area contributed by atoms with Crippen molar-refractivity contribution in [2.24, 2.45) is 5.92 Å². The SMILES string of the molecule is CC(C)C(C)Sc1c(-c2ncncc2Cl)c(Cl)nc2ncnn12. The monoisotopic (exact) mass is 368 g/mol. The van der Waals surface area contributed by atoms with Crippen molar-refractivity contribution in [3.63, 3.8) is 0 Å². The Hall–Kier alpha value is -1.44.